The smallest absolute Gasteiger partial charge is 0.276 e. The lowest BCUT2D eigenvalue weighted by Gasteiger charge is -2.21. The molecule has 0 spiro atoms. The van der Waals surface area contributed by atoms with Gasteiger partial charge >= 0.3 is 0 Å². The van der Waals surface area contributed by atoms with Crippen LogP contribution < -0.4 is 9.57 Å². The Labute approximate surface area is 153 Å². The van der Waals surface area contributed by atoms with Gasteiger partial charge in [0.15, 0.2) is 0 Å². The van der Waals surface area contributed by atoms with Gasteiger partial charge in [0.05, 0.1) is 17.2 Å². The van der Waals surface area contributed by atoms with E-state index in [1.54, 1.807) is 18.2 Å². The van der Waals surface area contributed by atoms with Crippen molar-refractivity contribution in [2.75, 3.05) is 6.61 Å². The quantitative estimate of drug-likeness (QED) is 0.787. The molecule has 0 fully saturated rings. The van der Waals surface area contributed by atoms with Crippen LogP contribution >= 0.6 is 0 Å². The molecule has 6 nitrogen and oxygen atoms in total. The number of benzene rings is 2. The Hall–Kier alpha value is -2.54. The number of hydrogen-bond donors (Lipinski definition) is 2. The zero-order chi connectivity index (χ0) is 18.7. The van der Waals surface area contributed by atoms with Gasteiger partial charge in [-0.1, -0.05) is 6.07 Å². The van der Waals surface area contributed by atoms with Gasteiger partial charge in [0.25, 0.3) is 10.0 Å². The fraction of sp³-hybridized carbons (Fsp3) is 0.316. The first-order valence-electron chi connectivity index (χ1n) is 8.55. The average molecular weight is 374 g/mol. The Morgan fingerprint density at radius 2 is 1.88 bits per heavy atom. The summed E-state index contributed by atoms with van der Waals surface area (Å²) < 4.78 is 30.3. The molecule has 1 aliphatic carbocycles. The number of aryl methyl sites for hydroxylation is 1. The van der Waals surface area contributed by atoms with Gasteiger partial charge in [0, 0.05) is 5.56 Å². The topological polar surface area (TPSA) is 88.0 Å². The first-order valence-corrected chi connectivity index (χ1v) is 10.0. The van der Waals surface area contributed by atoms with Crippen molar-refractivity contribution in [3.63, 3.8) is 0 Å². The first-order chi connectivity index (χ1) is 12.4. The molecule has 7 heteroatoms. The Morgan fingerprint density at radius 1 is 1.15 bits per heavy atom. The number of fused-ring (bicyclic) bond motifs is 1. The minimum Gasteiger partial charge on any atom is -0.507 e. The summed E-state index contributed by atoms with van der Waals surface area (Å²) in [6.45, 7) is 4.35. The Kier molecular flexibility index (Phi) is 5.18. The molecule has 3 rings (SSSR count). The third kappa shape index (κ3) is 3.67. The number of phenols is 1. The van der Waals surface area contributed by atoms with Gasteiger partial charge in [-0.2, -0.15) is 18.4 Å². The second-order valence-electron chi connectivity index (χ2n) is 6.17. The van der Waals surface area contributed by atoms with Crippen molar-refractivity contribution in [3.05, 3.63) is 53.1 Å². The maximum Gasteiger partial charge on any atom is 0.276 e. The summed E-state index contributed by atoms with van der Waals surface area (Å²) in [6.07, 6.45) is 2.32. The van der Waals surface area contributed by atoms with E-state index in [1.807, 2.05) is 19.9 Å². The van der Waals surface area contributed by atoms with Crippen LogP contribution in [0.3, 0.4) is 0 Å². The Morgan fingerprint density at radius 3 is 2.58 bits per heavy atom. The van der Waals surface area contributed by atoms with E-state index in [9.17, 15) is 13.5 Å². The van der Waals surface area contributed by atoms with E-state index in [4.69, 9.17) is 4.74 Å². The van der Waals surface area contributed by atoms with E-state index in [2.05, 4.69) is 9.93 Å². The minimum atomic E-state index is -3.79. The van der Waals surface area contributed by atoms with Gasteiger partial charge in [-0.15, -0.1) is 0 Å². The highest BCUT2D eigenvalue weighted by molar-refractivity contribution is 7.89. The molecule has 0 aliphatic heterocycles. The van der Waals surface area contributed by atoms with Crippen LogP contribution in [0.4, 0.5) is 0 Å². The van der Waals surface area contributed by atoms with Gasteiger partial charge in [-0.05, 0) is 74.6 Å². The van der Waals surface area contributed by atoms with Crippen molar-refractivity contribution in [1.82, 2.24) is 4.83 Å². The third-order valence-corrected chi connectivity index (χ3v) is 5.62. The number of hydrazone groups is 1. The maximum absolute atomic E-state index is 12.5. The second kappa shape index (κ2) is 7.37. The molecule has 138 valence electrons. The van der Waals surface area contributed by atoms with Crippen LogP contribution in [0.25, 0.3) is 0 Å². The normalized spacial score (nSPS) is 15.5. The molecule has 0 saturated carbocycles. The number of aromatic hydroxyl groups is 1. The summed E-state index contributed by atoms with van der Waals surface area (Å²) >= 11 is 0. The summed E-state index contributed by atoms with van der Waals surface area (Å²) in [7, 11) is -3.79. The second-order valence-corrected chi connectivity index (χ2v) is 7.83. The number of rotatable bonds is 5. The van der Waals surface area contributed by atoms with Crippen molar-refractivity contribution in [2.45, 2.75) is 38.0 Å². The number of ether oxygens (including phenoxy) is 1. The van der Waals surface area contributed by atoms with Crippen LogP contribution in [0.2, 0.25) is 0 Å². The molecule has 2 N–H and O–H groups in total. The fourth-order valence-corrected chi connectivity index (χ4v) is 3.93. The highest BCUT2D eigenvalue weighted by atomic mass is 32.2. The maximum atomic E-state index is 12.5. The van der Waals surface area contributed by atoms with E-state index >= 15 is 0 Å². The fourth-order valence-electron chi connectivity index (χ4n) is 3.10. The molecule has 26 heavy (non-hydrogen) atoms. The van der Waals surface area contributed by atoms with Crippen molar-refractivity contribution < 1.29 is 18.3 Å². The lowest BCUT2D eigenvalue weighted by atomic mass is 9.86. The molecular formula is C19H22N2O4S. The minimum absolute atomic E-state index is 0.106. The molecule has 2 aromatic rings. The zero-order valence-corrected chi connectivity index (χ0v) is 15.6. The van der Waals surface area contributed by atoms with E-state index in [0.29, 0.717) is 30.1 Å². The predicted molar refractivity (Wildman–Crippen MR) is 100 cm³/mol. The summed E-state index contributed by atoms with van der Waals surface area (Å²) in [6, 6.07) is 9.65. The SMILES string of the molecule is CCOc1ccc(S(=O)(=O)N/N=C2\CCCc3c(C)ccc(O)c32)cc1. The van der Waals surface area contributed by atoms with Gasteiger partial charge in [-0.3, -0.25) is 0 Å². The van der Waals surface area contributed by atoms with E-state index in [0.717, 1.165) is 24.0 Å². The largest absolute Gasteiger partial charge is 0.507 e. The number of phenolic OH excluding ortho intramolecular Hbond substituents is 1. The Bertz CT molecular complexity index is 935. The third-order valence-electron chi connectivity index (χ3n) is 4.40. The highest BCUT2D eigenvalue weighted by Crippen LogP contribution is 2.31. The van der Waals surface area contributed by atoms with Crippen molar-refractivity contribution >= 4 is 15.7 Å². The summed E-state index contributed by atoms with van der Waals surface area (Å²) in [5, 5.41) is 14.3. The average Bonchev–Trinajstić information content (AvgIpc) is 2.64. The van der Waals surface area contributed by atoms with E-state index in [-0.39, 0.29) is 10.6 Å². The lowest BCUT2D eigenvalue weighted by molar-refractivity contribution is 0.340. The van der Waals surface area contributed by atoms with Gasteiger partial charge in [0.2, 0.25) is 0 Å². The summed E-state index contributed by atoms with van der Waals surface area (Å²) in [5.41, 5.74) is 3.29. The number of nitrogens with zero attached hydrogens (tertiary/aromatic N) is 1. The van der Waals surface area contributed by atoms with Gasteiger partial charge in [0.1, 0.15) is 11.5 Å². The molecule has 2 aromatic carbocycles. The molecule has 0 atom stereocenters. The van der Waals surface area contributed by atoms with Crippen LogP contribution in [0.5, 0.6) is 11.5 Å². The van der Waals surface area contributed by atoms with Gasteiger partial charge < -0.3 is 9.84 Å². The zero-order valence-electron chi connectivity index (χ0n) is 14.8. The van der Waals surface area contributed by atoms with Crippen molar-refractivity contribution in [1.29, 1.82) is 0 Å². The standard InChI is InChI=1S/C19H22N2O4S/c1-3-25-14-8-10-15(11-9-14)26(23,24)21-20-17-6-4-5-16-13(2)7-12-18(22)19(16)17/h7-12,21-22H,3-6H2,1-2H3/b20-17+. The molecule has 0 radical (unpaired) electrons. The van der Waals surface area contributed by atoms with Crippen molar-refractivity contribution in [2.24, 2.45) is 5.10 Å². The number of sulfonamides is 1. The molecule has 0 saturated heterocycles. The summed E-state index contributed by atoms with van der Waals surface area (Å²) in [5.74, 6) is 0.740. The molecule has 0 aromatic heterocycles. The molecule has 0 heterocycles. The monoisotopic (exact) mass is 374 g/mol. The lowest BCUT2D eigenvalue weighted by Crippen LogP contribution is -2.23. The van der Waals surface area contributed by atoms with Gasteiger partial charge in [-0.25, -0.2) is 0 Å². The van der Waals surface area contributed by atoms with Crippen molar-refractivity contribution in [3.8, 4) is 11.5 Å². The van der Waals surface area contributed by atoms with Crippen LogP contribution in [0, 0.1) is 6.92 Å². The molecule has 1 aliphatic rings. The Balaban J connectivity index is 1.87. The predicted octanol–water partition coefficient (Wildman–Crippen LogP) is 3.12. The number of nitrogens with one attached hydrogen (secondary N) is 1. The van der Waals surface area contributed by atoms with Crippen LogP contribution in [-0.2, 0) is 16.4 Å². The molecule has 0 bridgehead atoms. The van der Waals surface area contributed by atoms with Crippen LogP contribution in [0.15, 0.2) is 46.4 Å². The first kappa shape index (κ1) is 18.3. The molecule has 0 amide bonds. The number of hydrogen-bond acceptors (Lipinski definition) is 5. The summed E-state index contributed by atoms with van der Waals surface area (Å²) in [4.78, 5) is 2.40. The highest BCUT2D eigenvalue weighted by Gasteiger charge is 2.22. The van der Waals surface area contributed by atoms with Crippen LogP contribution in [-0.4, -0.2) is 25.8 Å². The molecular weight excluding hydrogens is 352 g/mol. The van der Waals surface area contributed by atoms with E-state index in [1.165, 1.54) is 12.1 Å². The molecule has 0 unspecified atom stereocenters. The van der Waals surface area contributed by atoms with Crippen LogP contribution in [0.1, 0.15) is 36.5 Å². The van der Waals surface area contributed by atoms with E-state index < -0.39 is 10.0 Å².